The Kier molecular flexibility index (Phi) is 4.58. The van der Waals surface area contributed by atoms with Crippen molar-refractivity contribution in [3.63, 3.8) is 0 Å². The molecule has 1 N–H and O–H groups in total. The van der Waals surface area contributed by atoms with E-state index in [1.807, 2.05) is 36.0 Å². The van der Waals surface area contributed by atoms with Gasteiger partial charge >= 0.3 is 5.97 Å². The molecule has 0 radical (unpaired) electrons. The van der Waals surface area contributed by atoms with Crippen LogP contribution in [0.4, 0.5) is 5.69 Å². The minimum atomic E-state index is -0.605. The zero-order valence-corrected chi connectivity index (χ0v) is 12.1. The Balaban J connectivity index is 2.21. The highest BCUT2D eigenvalue weighted by atomic mass is 32.2. The topological polar surface area (TPSA) is 47.6 Å². The van der Waals surface area contributed by atoms with Gasteiger partial charge in [0, 0.05) is 11.8 Å². The van der Waals surface area contributed by atoms with Gasteiger partial charge in [-0.15, -0.1) is 0 Å². The van der Waals surface area contributed by atoms with Crippen molar-refractivity contribution in [1.29, 1.82) is 0 Å². The number of hydrogen-bond acceptors (Lipinski definition) is 5. The molecule has 1 aromatic carbocycles. The summed E-state index contributed by atoms with van der Waals surface area (Å²) in [6.45, 7) is 0. The fourth-order valence-corrected chi connectivity index (χ4v) is 3.46. The van der Waals surface area contributed by atoms with Crippen LogP contribution in [-0.4, -0.2) is 37.2 Å². The monoisotopic (exact) mass is 281 g/mol. The number of thioether (sulfide) groups is 1. The molecule has 19 heavy (non-hydrogen) atoms. The number of hydrogen-bond donors (Lipinski definition) is 1. The van der Waals surface area contributed by atoms with Crippen molar-refractivity contribution in [3.05, 3.63) is 24.3 Å². The van der Waals surface area contributed by atoms with Gasteiger partial charge in [-0.1, -0.05) is 6.07 Å². The summed E-state index contributed by atoms with van der Waals surface area (Å²) < 4.78 is 10.2. The largest absolute Gasteiger partial charge is 0.497 e. The molecular weight excluding hydrogens is 262 g/mol. The lowest BCUT2D eigenvalue weighted by molar-refractivity contribution is -0.146. The number of nitrogens with one attached hydrogen (secondary N) is 1. The van der Waals surface area contributed by atoms with E-state index in [9.17, 15) is 4.79 Å². The van der Waals surface area contributed by atoms with E-state index >= 15 is 0 Å². The predicted octanol–water partition coefficient (Wildman–Crippen LogP) is 2.55. The van der Waals surface area contributed by atoms with E-state index in [-0.39, 0.29) is 5.97 Å². The van der Waals surface area contributed by atoms with Gasteiger partial charge in [0.25, 0.3) is 0 Å². The predicted molar refractivity (Wildman–Crippen MR) is 77.9 cm³/mol. The van der Waals surface area contributed by atoms with E-state index in [1.54, 1.807) is 7.11 Å². The highest BCUT2D eigenvalue weighted by Gasteiger charge is 2.40. The maximum atomic E-state index is 12.1. The standard InChI is InChI=1S/C14H19NO3S/c1-17-12-5-3-4-11(10-12)15-14(13(16)18-2)6-8-19-9-7-14/h3-5,10,15H,6-9H2,1-2H3. The van der Waals surface area contributed by atoms with Crippen molar-refractivity contribution in [3.8, 4) is 5.75 Å². The maximum Gasteiger partial charge on any atom is 0.331 e. The number of rotatable bonds is 4. The molecule has 2 rings (SSSR count). The Labute approximate surface area is 117 Å². The molecule has 1 heterocycles. The Morgan fingerprint density at radius 3 is 2.68 bits per heavy atom. The Morgan fingerprint density at radius 2 is 2.05 bits per heavy atom. The summed E-state index contributed by atoms with van der Waals surface area (Å²) in [6.07, 6.45) is 1.56. The van der Waals surface area contributed by atoms with Gasteiger partial charge in [-0.2, -0.15) is 11.8 Å². The first-order valence-corrected chi connectivity index (χ1v) is 7.44. The number of carbonyl (C=O) groups excluding carboxylic acids is 1. The van der Waals surface area contributed by atoms with Gasteiger partial charge < -0.3 is 14.8 Å². The highest BCUT2D eigenvalue weighted by Crippen LogP contribution is 2.32. The van der Waals surface area contributed by atoms with Gasteiger partial charge in [0.1, 0.15) is 11.3 Å². The van der Waals surface area contributed by atoms with Crippen molar-refractivity contribution in [1.82, 2.24) is 0 Å². The Bertz CT molecular complexity index is 444. The van der Waals surface area contributed by atoms with Gasteiger partial charge in [0.05, 0.1) is 14.2 Å². The highest BCUT2D eigenvalue weighted by molar-refractivity contribution is 7.99. The van der Waals surface area contributed by atoms with Crippen LogP contribution in [0.25, 0.3) is 0 Å². The lowest BCUT2D eigenvalue weighted by atomic mass is 9.91. The summed E-state index contributed by atoms with van der Waals surface area (Å²) in [5, 5.41) is 3.35. The summed E-state index contributed by atoms with van der Waals surface area (Å²) in [5.74, 6) is 2.52. The number of anilines is 1. The molecule has 0 unspecified atom stereocenters. The van der Waals surface area contributed by atoms with E-state index in [1.165, 1.54) is 7.11 Å². The van der Waals surface area contributed by atoms with Crippen LogP contribution in [-0.2, 0) is 9.53 Å². The second-order valence-corrected chi connectivity index (χ2v) is 5.77. The third-order valence-electron chi connectivity index (χ3n) is 3.38. The molecule has 104 valence electrons. The maximum absolute atomic E-state index is 12.1. The van der Waals surface area contributed by atoms with Gasteiger partial charge in [-0.05, 0) is 36.5 Å². The summed E-state index contributed by atoms with van der Waals surface area (Å²) >= 11 is 1.87. The van der Waals surface area contributed by atoms with Crippen LogP contribution in [0.5, 0.6) is 5.75 Å². The normalized spacial score (nSPS) is 17.6. The molecule has 4 nitrogen and oxygen atoms in total. The van der Waals surface area contributed by atoms with Gasteiger partial charge in [-0.3, -0.25) is 0 Å². The van der Waals surface area contributed by atoms with Crippen LogP contribution < -0.4 is 10.1 Å². The first-order chi connectivity index (χ1) is 9.20. The number of carbonyl (C=O) groups is 1. The molecule has 1 aromatic rings. The first-order valence-electron chi connectivity index (χ1n) is 6.28. The summed E-state index contributed by atoms with van der Waals surface area (Å²) in [6, 6.07) is 7.62. The second-order valence-electron chi connectivity index (χ2n) is 4.54. The lowest BCUT2D eigenvalue weighted by Gasteiger charge is -2.35. The molecule has 1 aliphatic heterocycles. The average Bonchev–Trinajstić information content (AvgIpc) is 2.47. The third-order valence-corrected chi connectivity index (χ3v) is 4.36. The van der Waals surface area contributed by atoms with Crippen LogP contribution in [0.1, 0.15) is 12.8 Å². The van der Waals surface area contributed by atoms with Crippen molar-refractivity contribution in [2.75, 3.05) is 31.0 Å². The second kappa shape index (κ2) is 6.19. The van der Waals surface area contributed by atoms with E-state index in [4.69, 9.17) is 9.47 Å². The average molecular weight is 281 g/mol. The summed E-state index contributed by atoms with van der Waals surface area (Å²) in [4.78, 5) is 12.1. The molecule has 1 saturated heterocycles. The molecule has 0 spiro atoms. The van der Waals surface area contributed by atoms with E-state index < -0.39 is 5.54 Å². The number of ether oxygens (including phenoxy) is 2. The number of methoxy groups -OCH3 is 2. The SMILES string of the molecule is COC(=O)C1(Nc2cccc(OC)c2)CCSCC1. The molecule has 0 amide bonds. The first kappa shape index (κ1) is 14.1. The van der Waals surface area contributed by atoms with Crippen LogP contribution in [0.15, 0.2) is 24.3 Å². The van der Waals surface area contributed by atoms with Crippen LogP contribution in [0, 0.1) is 0 Å². The van der Waals surface area contributed by atoms with Crippen LogP contribution in [0.2, 0.25) is 0 Å². The van der Waals surface area contributed by atoms with E-state index in [2.05, 4.69) is 5.32 Å². The van der Waals surface area contributed by atoms with E-state index in [0.717, 1.165) is 35.8 Å². The van der Waals surface area contributed by atoms with Gasteiger partial charge in [-0.25, -0.2) is 4.79 Å². The molecular formula is C14H19NO3S. The fourth-order valence-electron chi connectivity index (χ4n) is 2.27. The number of esters is 1. The zero-order chi connectivity index (χ0) is 13.7. The zero-order valence-electron chi connectivity index (χ0n) is 11.3. The molecule has 0 aliphatic carbocycles. The molecule has 1 aliphatic rings. The molecule has 0 bridgehead atoms. The quantitative estimate of drug-likeness (QED) is 0.859. The number of benzene rings is 1. The smallest absolute Gasteiger partial charge is 0.331 e. The Morgan fingerprint density at radius 1 is 1.32 bits per heavy atom. The van der Waals surface area contributed by atoms with Gasteiger partial charge in [0.2, 0.25) is 0 Å². The summed E-state index contributed by atoms with van der Waals surface area (Å²) in [5.41, 5.74) is 0.281. The minimum absolute atomic E-state index is 0.185. The van der Waals surface area contributed by atoms with Crippen molar-refractivity contribution in [2.24, 2.45) is 0 Å². The lowest BCUT2D eigenvalue weighted by Crippen LogP contribution is -2.49. The van der Waals surface area contributed by atoms with Crippen molar-refractivity contribution >= 4 is 23.4 Å². The molecule has 0 aromatic heterocycles. The fraction of sp³-hybridized carbons (Fsp3) is 0.500. The molecule has 1 fully saturated rings. The molecule has 0 atom stereocenters. The Hall–Kier alpha value is -1.36. The summed E-state index contributed by atoms with van der Waals surface area (Å²) in [7, 11) is 3.07. The molecule has 5 heteroatoms. The van der Waals surface area contributed by atoms with Crippen molar-refractivity contribution < 1.29 is 14.3 Å². The van der Waals surface area contributed by atoms with E-state index in [0.29, 0.717) is 0 Å². The molecule has 0 saturated carbocycles. The van der Waals surface area contributed by atoms with Crippen LogP contribution >= 0.6 is 11.8 Å². The van der Waals surface area contributed by atoms with Crippen molar-refractivity contribution in [2.45, 2.75) is 18.4 Å². The third kappa shape index (κ3) is 3.15. The van der Waals surface area contributed by atoms with Crippen LogP contribution in [0.3, 0.4) is 0 Å². The minimum Gasteiger partial charge on any atom is -0.497 e. The van der Waals surface area contributed by atoms with Gasteiger partial charge in [0.15, 0.2) is 0 Å².